The molecule has 3 N–H and O–H groups in total. The average Bonchev–Trinajstić information content (AvgIpc) is 3.48. The molecule has 5 heteroatoms. The second-order valence-electron chi connectivity index (χ2n) is 6.70. The first-order valence-corrected chi connectivity index (χ1v) is 8.35. The number of nitrogens with zero attached hydrogens (tertiary/aromatic N) is 1. The molecule has 1 saturated carbocycles. The molecule has 0 aromatic heterocycles. The summed E-state index contributed by atoms with van der Waals surface area (Å²) in [5.41, 5.74) is 2.21. The number of rotatable bonds is 6. The molecule has 5 nitrogen and oxygen atoms in total. The molecule has 2 aromatic rings. The van der Waals surface area contributed by atoms with E-state index in [2.05, 4.69) is 16.7 Å². The van der Waals surface area contributed by atoms with Crippen molar-refractivity contribution in [2.75, 3.05) is 11.9 Å². The van der Waals surface area contributed by atoms with E-state index in [0.29, 0.717) is 17.0 Å². The number of aliphatic hydroxyl groups excluding tert-OH is 1. The van der Waals surface area contributed by atoms with Gasteiger partial charge in [0.2, 0.25) is 0 Å². The minimum atomic E-state index is -0.562. The van der Waals surface area contributed by atoms with Crippen LogP contribution in [-0.4, -0.2) is 23.2 Å². The molecule has 25 heavy (non-hydrogen) atoms. The number of nitrogens with one attached hydrogen (secondary N) is 2. The summed E-state index contributed by atoms with van der Waals surface area (Å²) in [6.07, 6.45) is 2.08. The van der Waals surface area contributed by atoms with E-state index < -0.39 is 5.54 Å². The van der Waals surface area contributed by atoms with Crippen LogP contribution < -0.4 is 10.6 Å². The van der Waals surface area contributed by atoms with Gasteiger partial charge >= 0.3 is 0 Å². The summed E-state index contributed by atoms with van der Waals surface area (Å²) >= 11 is 0. The van der Waals surface area contributed by atoms with Gasteiger partial charge < -0.3 is 15.7 Å². The summed E-state index contributed by atoms with van der Waals surface area (Å²) < 4.78 is 0. The van der Waals surface area contributed by atoms with E-state index in [0.717, 1.165) is 24.2 Å². The fourth-order valence-corrected chi connectivity index (χ4v) is 2.86. The van der Waals surface area contributed by atoms with Crippen molar-refractivity contribution < 1.29 is 9.90 Å². The number of anilines is 2. The fourth-order valence-electron chi connectivity index (χ4n) is 2.86. The maximum Gasteiger partial charge on any atom is 0.251 e. The van der Waals surface area contributed by atoms with E-state index in [-0.39, 0.29) is 12.5 Å². The number of aliphatic hydroxyl groups is 1. The van der Waals surface area contributed by atoms with E-state index in [4.69, 9.17) is 5.26 Å². The summed E-state index contributed by atoms with van der Waals surface area (Å²) in [5, 5.41) is 24.7. The summed E-state index contributed by atoms with van der Waals surface area (Å²) in [6.45, 7) is 1.83. The molecule has 1 atom stereocenters. The van der Waals surface area contributed by atoms with Gasteiger partial charge in [-0.2, -0.15) is 5.26 Å². The topological polar surface area (TPSA) is 85.2 Å². The predicted molar refractivity (Wildman–Crippen MR) is 96.6 cm³/mol. The molecular formula is C20H21N3O2. The summed E-state index contributed by atoms with van der Waals surface area (Å²) in [5.74, 6) is 0.160. The predicted octanol–water partition coefficient (Wildman–Crippen LogP) is 3.19. The van der Waals surface area contributed by atoms with Crippen molar-refractivity contribution >= 4 is 17.3 Å². The standard InChI is InChI=1S/C20H21N3O2/c1-20(13-24,16-7-8-16)23-19(25)15-3-2-4-18(11-15)22-17-9-5-14(12-21)6-10-17/h2-6,9-11,16,22,24H,7-8,13H2,1H3,(H,23,25). The van der Waals surface area contributed by atoms with Crippen molar-refractivity contribution in [1.82, 2.24) is 5.32 Å². The molecule has 0 heterocycles. The van der Waals surface area contributed by atoms with Gasteiger partial charge in [0.1, 0.15) is 0 Å². The molecule has 1 amide bonds. The van der Waals surface area contributed by atoms with E-state index in [1.807, 2.05) is 31.2 Å². The maximum absolute atomic E-state index is 12.6. The SMILES string of the molecule is CC(CO)(NC(=O)c1cccc(Nc2ccc(C#N)cc2)c1)C1CC1. The van der Waals surface area contributed by atoms with Gasteiger partial charge in [-0.1, -0.05) is 6.07 Å². The highest BCUT2D eigenvalue weighted by Crippen LogP contribution is 2.39. The molecule has 3 rings (SSSR count). The Morgan fingerprint density at radius 1 is 1.24 bits per heavy atom. The Bertz CT molecular complexity index is 806. The Labute approximate surface area is 147 Å². The van der Waals surface area contributed by atoms with Crippen LogP contribution in [0.2, 0.25) is 0 Å². The van der Waals surface area contributed by atoms with Crippen molar-refractivity contribution in [2.45, 2.75) is 25.3 Å². The highest BCUT2D eigenvalue weighted by molar-refractivity contribution is 5.95. The van der Waals surface area contributed by atoms with Crippen LogP contribution >= 0.6 is 0 Å². The van der Waals surface area contributed by atoms with Gasteiger partial charge in [0.25, 0.3) is 5.91 Å². The Balaban J connectivity index is 1.72. The molecule has 0 aliphatic heterocycles. The minimum absolute atomic E-state index is 0.0629. The molecule has 0 saturated heterocycles. The molecule has 0 bridgehead atoms. The van der Waals surface area contributed by atoms with E-state index in [1.165, 1.54) is 0 Å². The number of benzene rings is 2. The van der Waals surface area contributed by atoms with Crippen LogP contribution in [0.1, 0.15) is 35.7 Å². The number of amides is 1. The largest absolute Gasteiger partial charge is 0.394 e. The van der Waals surface area contributed by atoms with Crippen LogP contribution in [0.25, 0.3) is 0 Å². The van der Waals surface area contributed by atoms with Crippen LogP contribution in [0.3, 0.4) is 0 Å². The third-order valence-corrected chi connectivity index (χ3v) is 4.63. The van der Waals surface area contributed by atoms with Crippen LogP contribution in [0.5, 0.6) is 0 Å². The van der Waals surface area contributed by atoms with E-state index >= 15 is 0 Å². The molecular weight excluding hydrogens is 314 g/mol. The normalized spacial score (nSPS) is 15.7. The summed E-state index contributed by atoms with van der Waals surface area (Å²) in [6, 6.07) is 16.4. The fraction of sp³-hybridized carbons (Fsp3) is 0.300. The quantitative estimate of drug-likeness (QED) is 0.757. The van der Waals surface area contributed by atoms with Gasteiger partial charge in [-0.15, -0.1) is 0 Å². The van der Waals surface area contributed by atoms with Crippen molar-refractivity contribution in [3.8, 4) is 6.07 Å². The van der Waals surface area contributed by atoms with E-state index in [9.17, 15) is 9.90 Å². The van der Waals surface area contributed by atoms with Crippen LogP contribution in [0.4, 0.5) is 11.4 Å². The van der Waals surface area contributed by atoms with Crippen LogP contribution in [0, 0.1) is 17.2 Å². The minimum Gasteiger partial charge on any atom is -0.394 e. The zero-order chi connectivity index (χ0) is 17.9. The second-order valence-corrected chi connectivity index (χ2v) is 6.70. The van der Waals surface area contributed by atoms with E-state index in [1.54, 1.807) is 24.3 Å². The lowest BCUT2D eigenvalue weighted by atomic mass is 9.96. The highest BCUT2D eigenvalue weighted by atomic mass is 16.3. The third-order valence-electron chi connectivity index (χ3n) is 4.63. The maximum atomic E-state index is 12.6. The Hall–Kier alpha value is -2.84. The lowest BCUT2D eigenvalue weighted by Crippen LogP contribution is -2.50. The molecule has 0 radical (unpaired) electrons. The molecule has 0 spiro atoms. The van der Waals surface area contributed by atoms with Gasteiger partial charge in [-0.3, -0.25) is 4.79 Å². The molecule has 1 aliphatic rings. The number of carbonyl (C=O) groups excluding carboxylic acids is 1. The second kappa shape index (κ2) is 6.96. The van der Waals surface area contributed by atoms with Gasteiger partial charge in [0.15, 0.2) is 0 Å². The lowest BCUT2D eigenvalue weighted by Gasteiger charge is -2.28. The zero-order valence-corrected chi connectivity index (χ0v) is 14.1. The van der Waals surface area contributed by atoms with Gasteiger partial charge in [-0.25, -0.2) is 0 Å². The number of nitriles is 1. The Kier molecular flexibility index (Phi) is 4.73. The molecule has 1 unspecified atom stereocenters. The van der Waals surface area contributed by atoms with Crippen molar-refractivity contribution in [3.05, 3.63) is 59.7 Å². The Morgan fingerprint density at radius 2 is 1.96 bits per heavy atom. The van der Waals surface area contributed by atoms with Gasteiger partial charge in [0, 0.05) is 16.9 Å². The van der Waals surface area contributed by atoms with Crippen molar-refractivity contribution in [1.29, 1.82) is 5.26 Å². The van der Waals surface area contributed by atoms with Crippen LogP contribution in [-0.2, 0) is 0 Å². The summed E-state index contributed by atoms with van der Waals surface area (Å²) in [7, 11) is 0. The third kappa shape index (κ3) is 3.98. The highest BCUT2D eigenvalue weighted by Gasteiger charge is 2.42. The van der Waals surface area contributed by atoms with Crippen molar-refractivity contribution in [2.24, 2.45) is 5.92 Å². The summed E-state index contributed by atoms with van der Waals surface area (Å²) in [4.78, 5) is 12.6. The first kappa shape index (κ1) is 17.0. The van der Waals surface area contributed by atoms with Crippen molar-refractivity contribution in [3.63, 3.8) is 0 Å². The first-order valence-electron chi connectivity index (χ1n) is 8.35. The average molecular weight is 335 g/mol. The Morgan fingerprint density at radius 3 is 2.56 bits per heavy atom. The van der Waals surface area contributed by atoms with Gasteiger partial charge in [0.05, 0.1) is 23.8 Å². The number of hydrogen-bond donors (Lipinski definition) is 3. The molecule has 2 aromatic carbocycles. The smallest absolute Gasteiger partial charge is 0.251 e. The number of carbonyl (C=O) groups is 1. The van der Waals surface area contributed by atoms with Crippen LogP contribution in [0.15, 0.2) is 48.5 Å². The number of hydrogen-bond acceptors (Lipinski definition) is 4. The lowest BCUT2D eigenvalue weighted by molar-refractivity contribution is 0.0824. The zero-order valence-electron chi connectivity index (χ0n) is 14.1. The monoisotopic (exact) mass is 335 g/mol. The molecule has 1 aliphatic carbocycles. The van der Waals surface area contributed by atoms with Gasteiger partial charge in [-0.05, 0) is 68.1 Å². The first-order chi connectivity index (χ1) is 12.0. The molecule has 128 valence electrons. The molecule has 1 fully saturated rings.